The van der Waals surface area contributed by atoms with Crippen LogP contribution in [0.5, 0.6) is 0 Å². The van der Waals surface area contributed by atoms with Gasteiger partial charge in [0.05, 0.1) is 13.2 Å². The molecule has 0 radical (unpaired) electrons. The zero-order valence-corrected chi connectivity index (χ0v) is 10.4. The summed E-state index contributed by atoms with van der Waals surface area (Å²) in [4.78, 5) is 0. The highest BCUT2D eigenvalue weighted by Crippen LogP contribution is 2.17. The summed E-state index contributed by atoms with van der Waals surface area (Å²) in [6.07, 6.45) is 3.72. The highest BCUT2D eigenvalue weighted by molar-refractivity contribution is 4.60. The van der Waals surface area contributed by atoms with Gasteiger partial charge in [0.1, 0.15) is 0 Å². The third-order valence-electron chi connectivity index (χ3n) is 2.58. The largest absolute Gasteiger partial charge is 0.379 e. The van der Waals surface area contributed by atoms with Crippen LogP contribution in [0.4, 0.5) is 0 Å². The number of aliphatic hydroxyl groups is 1. The molecule has 3 nitrogen and oxygen atoms in total. The summed E-state index contributed by atoms with van der Waals surface area (Å²) in [5, 5.41) is 9.76. The lowest BCUT2D eigenvalue weighted by molar-refractivity contribution is -0.145. The van der Waals surface area contributed by atoms with Gasteiger partial charge in [0.25, 0.3) is 0 Å². The molecule has 0 aromatic heterocycles. The van der Waals surface area contributed by atoms with Crippen LogP contribution in [0.15, 0.2) is 0 Å². The lowest BCUT2D eigenvalue weighted by Crippen LogP contribution is -2.25. The molecule has 0 aliphatic heterocycles. The fourth-order valence-corrected chi connectivity index (χ4v) is 1.52. The van der Waals surface area contributed by atoms with Gasteiger partial charge in [-0.15, -0.1) is 0 Å². The Morgan fingerprint density at radius 2 is 1.87 bits per heavy atom. The van der Waals surface area contributed by atoms with Crippen LogP contribution in [-0.2, 0) is 9.47 Å². The smallest absolute Gasteiger partial charge is 0.157 e. The highest BCUT2D eigenvalue weighted by atomic mass is 16.6. The summed E-state index contributed by atoms with van der Waals surface area (Å²) in [5.74, 6) is 0.270. The van der Waals surface area contributed by atoms with Gasteiger partial charge < -0.3 is 14.6 Å². The second-order valence-corrected chi connectivity index (χ2v) is 3.77. The molecule has 0 spiro atoms. The Morgan fingerprint density at radius 1 is 1.13 bits per heavy atom. The number of rotatable bonds is 10. The maximum absolute atomic E-state index is 9.76. The fraction of sp³-hybridized carbons (Fsp3) is 1.00. The number of aliphatic hydroxyl groups excluding tert-OH is 1. The number of unbranched alkanes of at least 4 members (excludes halogenated alkanes) is 1. The van der Waals surface area contributed by atoms with E-state index in [0.717, 1.165) is 19.3 Å². The fourth-order valence-electron chi connectivity index (χ4n) is 1.52. The average molecular weight is 218 g/mol. The molecule has 2 unspecified atom stereocenters. The van der Waals surface area contributed by atoms with E-state index in [0.29, 0.717) is 19.8 Å². The van der Waals surface area contributed by atoms with Gasteiger partial charge in [-0.3, -0.25) is 0 Å². The van der Waals surface area contributed by atoms with E-state index >= 15 is 0 Å². The molecule has 0 bridgehead atoms. The van der Waals surface area contributed by atoms with Crippen LogP contribution >= 0.6 is 0 Å². The minimum atomic E-state index is -0.623. The number of hydrogen-bond donors (Lipinski definition) is 1. The summed E-state index contributed by atoms with van der Waals surface area (Å²) in [6, 6.07) is 0. The van der Waals surface area contributed by atoms with Crippen LogP contribution in [-0.4, -0.2) is 31.2 Å². The van der Waals surface area contributed by atoms with Crippen LogP contribution in [0.3, 0.4) is 0 Å². The average Bonchev–Trinajstić information content (AvgIpc) is 2.25. The summed E-state index contributed by atoms with van der Waals surface area (Å²) < 4.78 is 10.5. The van der Waals surface area contributed by atoms with Crippen LogP contribution in [0.2, 0.25) is 0 Å². The molecular formula is C12H26O3. The van der Waals surface area contributed by atoms with Crippen molar-refractivity contribution < 1.29 is 14.6 Å². The molecular weight excluding hydrogens is 192 g/mol. The third-order valence-corrected chi connectivity index (χ3v) is 2.58. The van der Waals surface area contributed by atoms with E-state index in [-0.39, 0.29) is 5.92 Å². The van der Waals surface area contributed by atoms with Gasteiger partial charge in [0.15, 0.2) is 6.29 Å². The minimum absolute atomic E-state index is 0.270. The van der Waals surface area contributed by atoms with Gasteiger partial charge >= 0.3 is 0 Å². The Balaban J connectivity index is 3.58. The predicted molar refractivity (Wildman–Crippen MR) is 61.8 cm³/mol. The molecule has 0 aromatic carbocycles. The molecule has 0 saturated carbocycles. The SMILES string of the molecule is CCCCC(CC)C(O)OCCOCC. The first-order chi connectivity index (χ1) is 7.26. The molecule has 92 valence electrons. The molecule has 3 heteroatoms. The predicted octanol–water partition coefficient (Wildman–Crippen LogP) is 2.57. The molecule has 0 aromatic rings. The van der Waals surface area contributed by atoms with Gasteiger partial charge in [-0.25, -0.2) is 0 Å². The van der Waals surface area contributed by atoms with Crippen molar-refractivity contribution in [1.29, 1.82) is 0 Å². The Bertz CT molecular complexity index is 128. The van der Waals surface area contributed by atoms with Crippen molar-refractivity contribution in [2.45, 2.75) is 52.7 Å². The topological polar surface area (TPSA) is 38.7 Å². The maximum Gasteiger partial charge on any atom is 0.157 e. The number of hydrogen-bond acceptors (Lipinski definition) is 3. The second kappa shape index (κ2) is 10.4. The minimum Gasteiger partial charge on any atom is -0.379 e. The van der Waals surface area contributed by atoms with Crippen molar-refractivity contribution in [3.05, 3.63) is 0 Å². The van der Waals surface area contributed by atoms with Gasteiger partial charge in [-0.2, -0.15) is 0 Å². The van der Waals surface area contributed by atoms with Gasteiger partial charge in [0.2, 0.25) is 0 Å². The zero-order valence-electron chi connectivity index (χ0n) is 10.4. The van der Waals surface area contributed by atoms with Crippen molar-refractivity contribution in [3.8, 4) is 0 Å². The Morgan fingerprint density at radius 3 is 2.40 bits per heavy atom. The molecule has 0 saturated heterocycles. The van der Waals surface area contributed by atoms with E-state index in [1.165, 1.54) is 6.42 Å². The van der Waals surface area contributed by atoms with E-state index in [1.54, 1.807) is 0 Å². The first-order valence-electron chi connectivity index (χ1n) is 6.13. The molecule has 0 amide bonds. The van der Waals surface area contributed by atoms with E-state index < -0.39 is 6.29 Å². The van der Waals surface area contributed by atoms with Crippen LogP contribution in [0.25, 0.3) is 0 Å². The Labute approximate surface area is 93.8 Å². The van der Waals surface area contributed by atoms with Crippen LogP contribution in [0, 0.1) is 5.92 Å². The summed E-state index contributed by atoms with van der Waals surface area (Å²) in [7, 11) is 0. The van der Waals surface area contributed by atoms with Gasteiger partial charge in [-0.1, -0.05) is 26.7 Å². The summed E-state index contributed by atoms with van der Waals surface area (Å²) in [5.41, 5.74) is 0. The van der Waals surface area contributed by atoms with Gasteiger partial charge in [-0.05, 0) is 19.8 Å². The monoisotopic (exact) mass is 218 g/mol. The Kier molecular flexibility index (Phi) is 10.3. The standard InChI is InChI=1S/C12H26O3/c1-4-7-8-11(5-2)12(13)15-10-9-14-6-3/h11-13H,4-10H2,1-3H3. The van der Waals surface area contributed by atoms with E-state index in [4.69, 9.17) is 9.47 Å². The van der Waals surface area contributed by atoms with Crippen molar-refractivity contribution in [1.82, 2.24) is 0 Å². The van der Waals surface area contributed by atoms with Crippen LogP contribution < -0.4 is 0 Å². The summed E-state index contributed by atoms with van der Waals surface area (Å²) in [6.45, 7) is 7.96. The number of ether oxygens (including phenoxy) is 2. The Hall–Kier alpha value is -0.120. The molecule has 15 heavy (non-hydrogen) atoms. The molecule has 0 aliphatic rings. The lowest BCUT2D eigenvalue weighted by atomic mass is 9.99. The third kappa shape index (κ3) is 7.77. The molecule has 0 fully saturated rings. The highest BCUT2D eigenvalue weighted by Gasteiger charge is 2.16. The molecule has 0 rings (SSSR count). The van der Waals surface area contributed by atoms with Crippen LogP contribution in [0.1, 0.15) is 46.5 Å². The normalized spacial score (nSPS) is 15.2. The van der Waals surface area contributed by atoms with Gasteiger partial charge in [0, 0.05) is 12.5 Å². The molecule has 0 heterocycles. The second-order valence-electron chi connectivity index (χ2n) is 3.77. The van der Waals surface area contributed by atoms with E-state index in [2.05, 4.69) is 13.8 Å². The molecule has 2 atom stereocenters. The molecule has 0 aliphatic carbocycles. The zero-order chi connectivity index (χ0) is 11.5. The van der Waals surface area contributed by atoms with E-state index in [9.17, 15) is 5.11 Å². The molecule has 1 N–H and O–H groups in total. The van der Waals surface area contributed by atoms with Crippen molar-refractivity contribution in [2.24, 2.45) is 5.92 Å². The van der Waals surface area contributed by atoms with Crippen molar-refractivity contribution in [2.75, 3.05) is 19.8 Å². The maximum atomic E-state index is 9.76. The van der Waals surface area contributed by atoms with Crippen molar-refractivity contribution in [3.63, 3.8) is 0 Å². The lowest BCUT2D eigenvalue weighted by Gasteiger charge is -2.21. The van der Waals surface area contributed by atoms with Crippen molar-refractivity contribution >= 4 is 0 Å². The first kappa shape index (κ1) is 14.9. The van der Waals surface area contributed by atoms with E-state index in [1.807, 2.05) is 6.92 Å². The summed E-state index contributed by atoms with van der Waals surface area (Å²) >= 11 is 0. The quantitative estimate of drug-likeness (QED) is 0.452. The first-order valence-corrected chi connectivity index (χ1v) is 6.13.